The van der Waals surface area contributed by atoms with E-state index in [4.69, 9.17) is 0 Å². The van der Waals surface area contributed by atoms with Gasteiger partial charge in [-0.2, -0.15) is 0 Å². The van der Waals surface area contributed by atoms with Crippen LogP contribution in [-0.4, -0.2) is 0 Å². The highest BCUT2D eigenvalue weighted by atomic mass is 14.5. The van der Waals surface area contributed by atoms with Crippen molar-refractivity contribution in [1.82, 2.24) is 0 Å². The van der Waals surface area contributed by atoms with Gasteiger partial charge in [0.15, 0.2) is 0 Å². The topological polar surface area (TPSA) is 0 Å². The van der Waals surface area contributed by atoms with Crippen LogP contribution < -0.4 is 0 Å². The molecular weight excluding hydrogens is 709 g/mol. The summed E-state index contributed by atoms with van der Waals surface area (Å²) in [6, 6.07) is 0. The van der Waals surface area contributed by atoms with Crippen molar-refractivity contribution in [1.29, 1.82) is 0 Å². The van der Waals surface area contributed by atoms with Crippen LogP contribution in [0.5, 0.6) is 0 Å². The van der Waals surface area contributed by atoms with E-state index in [1.54, 1.807) is 57.8 Å². The van der Waals surface area contributed by atoms with E-state index in [9.17, 15) is 0 Å². The smallest absolute Gasteiger partial charge is 0.0269 e. The summed E-state index contributed by atoms with van der Waals surface area (Å²) < 4.78 is 0. The molecule has 0 N–H and O–H groups in total. The lowest BCUT2D eigenvalue weighted by atomic mass is 9.66. The van der Waals surface area contributed by atoms with Crippen molar-refractivity contribution in [3.63, 3.8) is 0 Å². The molecule has 0 aromatic rings. The molecule has 4 atom stereocenters. The van der Waals surface area contributed by atoms with Crippen LogP contribution in [0.2, 0.25) is 0 Å². The first-order valence-electron chi connectivity index (χ1n) is 29.1. The lowest BCUT2D eigenvalue weighted by molar-refractivity contribution is 0.116. The van der Waals surface area contributed by atoms with Gasteiger partial charge in [0.25, 0.3) is 0 Å². The first-order valence-corrected chi connectivity index (χ1v) is 29.1. The summed E-state index contributed by atoms with van der Waals surface area (Å²) in [6.45, 7) is 14.3. The number of unbranched alkanes of at least 4 members (excludes halogenated alkanes) is 27. The fourth-order valence-corrected chi connectivity index (χ4v) is 11.9. The van der Waals surface area contributed by atoms with Gasteiger partial charge in [-0.05, 0) is 74.0 Å². The summed E-state index contributed by atoms with van der Waals surface area (Å²) in [4.78, 5) is 0. The predicted molar refractivity (Wildman–Crippen MR) is 272 cm³/mol. The van der Waals surface area contributed by atoms with Crippen molar-refractivity contribution in [3.8, 4) is 0 Å². The maximum atomic E-state index is 2.40. The second-order valence-corrected chi connectivity index (χ2v) is 21.5. The molecule has 0 radical (unpaired) electrons. The minimum Gasteiger partial charge on any atom is -0.0654 e. The van der Waals surface area contributed by atoms with Crippen LogP contribution in [0.25, 0.3) is 0 Å². The zero-order chi connectivity index (χ0) is 42.8. The number of rotatable bonds is 48. The Morgan fingerprint density at radius 1 is 0.305 bits per heavy atom. The van der Waals surface area contributed by atoms with Gasteiger partial charge in [0.1, 0.15) is 0 Å². The maximum Gasteiger partial charge on any atom is -0.0269 e. The van der Waals surface area contributed by atoms with E-state index in [2.05, 4.69) is 41.5 Å². The Hall–Kier alpha value is 0. The Bertz CT molecular complexity index is 758. The highest BCUT2D eigenvalue weighted by molar-refractivity contribution is 4.93. The third-order valence-corrected chi connectivity index (χ3v) is 16.2. The lowest BCUT2D eigenvalue weighted by Gasteiger charge is -2.39. The SMILES string of the molecule is CCCCCCCCCC(CCCCCC)CCC1CCCC1(CCC(CCCCCC)CCCCCCCCC)CCC(CCCCCC)CCCCCCCCC. The Balaban J connectivity index is 3.13. The zero-order valence-electron chi connectivity index (χ0n) is 42.8. The van der Waals surface area contributed by atoms with E-state index >= 15 is 0 Å². The number of hydrogen-bond acceptors (Lipinski definition) is 0. The summed E-state index contributed by atoms with van der Waals surface area (Å²) in [5.74, 6) is 4.03. The fraction of sp³-hybridized carbons (Fsp3) is 1.00. The van der Waals surface area contributed by atoms with Crippen molar-refractivity contribution in [2.75, 3.05) is 0 Å². The molecule has 0 aliphatic heterocycles. The van der Waals surface area contributed by atoms with Crippen LogP contribution in [0.15, 0.2) is 0 Å². The van der Waals surface area contributed by atoms with Gasteiger partial charge < -0.3 is 0 Å². The molecule has 0 spiro atoms. The molecule has 1 fully saturated rings. The van der Waals surface area contributed by atoms with Crippen molar-refractivity contribution in [2.45, 2.75) is 350 Å². The van der Waals surface area contributed by atoms with Gasteiger partial charge in [0.05, 0.1) is 0 Å². The van der Waals surface area contributed by atoms with E-state index in [1.165, 1.54) is 250 Å². The highest BCUT2D eigenvalue weighted by Crippen LogP contribution is 2.54. The predicted octanol–water partition coefficient (Wildman–Crippen LogP) is 22.3. The molecule has 0 amide bonds. The standard InChI is InChI=1S/C59H118/c1-7-13-19-25-28-31-37-42-55(41-34-22-16-10-4)48-49-58-47-40-52-59(58,53-50-56(43-35-23-17-11-5)45-38-32-29-26-20-14-8-2)54-51-57(44-36-24-18-12-6)46-39-33-30-27-21-15-9-3/h55-58H,7-54H2,1-6H3. The Kier molecular flexibility index (Phi) is 41.8. The van der Waals surface area contributed by atoms with Gasteiger partial charge in [0.2, 0.25) is 0 Å². The van der Waals surface area contributed by atoms with Crippen LogP contribution >= 0.6 is 0 Å². The molecular formula is C59H118. The minimum absolute atomic E-state index is 0.662. The van der Waals surface area contributed by atoms with Crippen molar-refractivity contribution >= 4 is 0 Å². The van der Waals surface area contributed by atoms with Crippen LogP contribution in [-0.2, 0) is 0 Å². The second-order valence-electron chi connectivity index (χ2n) is 21.5. The van der Waals surface area contributed by atoms with E-state index in [1.807, 2.05) is 0 Å². The molecule has 0 nitrogen and oxygen atoms in total. The normalized spacial score (nSPS) is 18.5. The van der Waals surface area contributed by atoms with Crippen LogP contribution in [0.1, 0.15) is 350 Å². The summed E-state index contributed by atoms with van der Waals surface area (Å²) >= 11 is 0. The molecule has 0 aromatic heterocycles. The summed E-state index contributed by atoms with van der Waals surface area (Å²) in [7, 11) is 0. The summed E-state index contributed by atoms with van der Waals surface area (Å²) in [6.07, 6.45) is 71.6. The van der Waals surface area contributed by atoms with E-state index < -0.39 is 0 Å². The van der Waals surface area contributed by atoms with Crippen LogP contribution in [0, 0.1) is 29.1 Å². The Morgan fingerprint density at radius 2 is 0.559 bits per heavy atom. The Labute approximate surface area is 377 Å². The van der Waals surface area contributed by atoms with Gasteiger partial charge in [-0.1, -0.05) is 305 Å². The van der Waals surface area contributed by atoms with Gasteiger partial charge in [0, 0.05) is 0 Å². The summed E-state index contributed by atoms with van der Waals surface area (Å²) in [5.41, 5.74) is 0.662. The van der Waals surface area contributed by atoms with Gasteiger partial charge in [-0.15, -0.1) is 0 Å². The lowest BCUT2D eigenvalue weighted by Crippen LogP contribution is -2.28. The quantitative estimate of drug-likeness (QED) is 0.0536. The number of hydrogen-bond donors (Lipinski definition) is 0. The molecule has 0 saturated heterocycles. The van der Waals surface area contributed by atoms with E-state index in [-0.39, 0.29) is 0 Å². The third kappa shape index (κ3) is 32.3. The van der Waals surface area contributed by atoms with Gasteiger partial charge >= 0.3 is 0 Å². The van der Waals surface area contributed by atoms with Crippen LogP contribution in [0.4, 0.5) is 0 Å². The molecule has 0 bridgehead atoms. The molecule has 59 heavy (non-hydrogen) atoms. The average molecular weight is 828 g/mol. The molecule has 1 rings (SSSR count). The zero-order valence-corrected chi connectivity index (χ0v) is 42.8. The van der Waals surface area contributed by atoms with Crippen molar-refractivity contribution < 1.29 is 0 Å². The van der Waals surface area contributed by atoms with Gasteiger partial charge in [-0.3, -0.25) is 0 Å². The molecule has 0 aromatic carbocycles. The molecule has 1 saturated carbocycles. The van der Waals surface area contributed by atoms with Crippen molar-refractivity contribution in [2.24, 2.45) is 29.1 Å². The molecule has 0 heterocycles. The largest absolute Gasteiger partial charge is 0.0654 e. The Morgan fingerprint density at radius 3 is 0.864 bits per heavy atom. The van der Waals surface area contributed by atoms with Crippen LogP contribution in [0.3, 0.4) is 0 Å². The van der Waals surface area contributed by atoms with Gasteiger partial charge in [-0.25, -0.2) is 0 Å². The average Bonchev–Trinajstić information content (AvgIpc) is 3.65. The first kappa shape index (κ1) is 57.0. The molecule has 1 aliphatic rings. The second kappa shape index (κ2) is 43.3. The molecule has 1 aliphatic carbocycles. The monoisotopic (exact) mass is 827 g/mol. The first-order chi connectivity index (χ1) is 29.1. The maximum absolute atomic E-state index is 2.40. The molecule has 0 heteroatoms. The van der Waals surface area contributed by atoms with E-state index in [0.717, 1.165) is 23.7 Å². The minimum atomic E-state index is 0.662. The third-order valence-electron chi connectivity index (χ3n) is 16.2. The van der Waals surface area contributed by atoms with Crippen molar-refractivity contribution in [3.05, 3.63) is 0 Å². The fourth-order valence-electron chi connectivity index (χ4n) is 11.9. The van der Waals surface area contributed by atoms with E-state index in [0.29, 0.717) is 5.41 Å². The highest BCUT2D eigenvalue weighted by Gasteiger charge is 2.42. The molecule has 4 unspecified atom stereocenters. The molecule has 354 valence electrons. The summed E-state index contributed by atoms with van der Waals surface area (Å²) in [5, 5.41) is 0.